The second kappa shape index (κ2) is 9.89. The van der Waals surface area contributed by atoms with Gasteiger partial charge < -0.3 is 34.9 Å². The van der Waals surface area contributed by atoms with E-state index in [1.165, 1.54) is 16.6 Å². The van der Waals surface area contributed by atoms with Crippen LogP contribution in [0.4, 0.5) is 10.6 Å². The number of carboxylic acids is 1. The molecule has 0 saturated carbocycles. The van der Waals surface area contributed by atoms with Crippen LogP contribution in [0.15, 0.2) is 18.5 Å². The van der Waals surface area contributed by atoms with Crippen molar-refractivity contribution in [2.45, 2.75) is 56.7 Å². The Kier molecular flexibility index (Phi) is 7.18. The Balaban J connectivity index is 1.93. The van der Waals surface area contributed by atoms with Crippen molar-refractivity contribution >= 4 is 29.4 Å². The lowest BCUT2D eigenvalue weighted by atomic mass is 9.92. The number of hydrogen-bond donors (Lipinski definition) is 3. The monoisotopic (exact) mass is 477 g/mol. The molecule has 1 saturated heterocycles. The number of aliphatic hydroxyl groups is 1. The highest BCUT2D eigenvalue weighted by molar-refractivity contribution is 5.76. The molecule has 0 unspecified atom stereocenters. The number of rotatable bonds is 8. The molecule has 2 aromatic heterocycles. The Morgan fingerprint density at radius 2 is 2.09 bits per heavy atom. The zero-order valence-electron chi connectivity index (χ0n) is 18.3. The minimum Gasteiger partial charge on any atom is -0.481 e. The fourth-order valence-electron chi connectivity index (χ4n) is 3.47. The predicted octanol–water partition coefficient (Wildman–Crippen LogP) is 0.128. The summed E-state index contributed by atoms with van der Waals surface area (Å²) >= 11 is 0. The maximum Gasteiger partial charge on any atom is 0.508 e. The standard InChI is InChI=1S/C20H23N5O9/c1-10(2)32-19(30)31-7-12-16(33-15(28)6-5-14(26)27)17(29)20(8-21,34-12)13-4-3-11-18(22)23-9-24-25(11)13/h3-4,9-10,12,16-17,29H,5-7H2,1-2H3,(H,26,27)(H2,22,23,24)/t12-,16-,17-,20+/m1/s1. The molecule has 0 amide bonds. The molecule has 4 atom stereocenters. The number of aromatic nitrogens is 3. The van der Waals surface area contributed by atoms with Gasteiger partial charge in [-0.05, 0) is 26.0 Å². The fourth-order valence-corrected chi connectivity index (χ4v) is 3.47. The normalized spacial score (nSPS) is 24.0. The predicted molar refractivity (Wildman–Crippen MR) is 110 cm³/mol. The van der Waals surface area contributed by atoms with E-state index in [2.05, 4.69) is 10.1 Å². The third-order valence-corrected chi connectivity index (χ3v) is 4.97. The SMILES string of the molecule is CC(C)OC(=O)OC[C@H]1O[C@@](C#N)(c2ccc3c(N)ncnn23)[C@H](O)[C@@H]1OC(=O)CCC(=O)O. The van der Waals surface area contributed by atoms with Crippen molar-refractivity contribution in [3.05, 3.63) is 24.2 Å². The van der Waals surface area contributed by atoms with Crippen LogP contribution < -0.4 is 5.73 Å². The Hall–Kier alpha value is -3.96. The van der Waals surface area contributed by atoms with Crippen LogP contribution in [0.1, 0.15) is 32.4 Å². The highest BCUT2D eigenvalue weighted by Gasteiger charge is 2.60. The summed E-state index contributed by atoms with van der Waals surface area (Å²) in [5, 5.41) is 34.0. The van der Waals surface area contributed by atoms with Crippen molar-refractivity contribution in [3.63, 3.8) is 0 Å². The number of esters is 1. The first-order valence-corrected chi connectivity index (χ1v) is 10.2. The van der Waals surface area contributed by atoms with Crippen molar-refractivity contribution in [2.75, 3.05) is 12.3 Å². The van der Waals surface area contributed by atoms with Crippen molar-refractivity contribution in [1.29, 1.82) is 5.26 Å². The molecule has 2 aromatic rings. The van der Waals surface area contributed by atoms with Crippen molar-refractivity contribution in [1.82, 2.24) is 14.6 Å². The van der Waals surface area contributed by atoms with Gasteiger partial charge in [0.15, 0.2) is 11.9 Å². The summed E-state index contributed by atoms with van der Waals surface area (Å²) in [5.74, 6) is -2.07. The van der Waals surface area contributed by atoms with Crippen molar-refractivity contribution in [3.8, 4) is 6.07 Å². The highest BCUT2D eigenvalue weighted by Crippen LogP contribution is 2.41. The third-order valence-electron chi connectivity index (χ3n) is 4.97. The van der Waals surface area contributed by atoms with E-state index in [1.54, 1.807) is 13.8 Å². The van der Waals surface area contributed by atoms with Gasteiger partial charge in [0, 0.05) is 0 Å². The zero-order chi connectivity index (χ0) is 25.0. The molecular formula is C20H23N5O9. The van der Waals surface area contributed by atoms with Crippen molar-refractivity contribution < 1.29 is 43.5 Å². The molecule has 0 radical (unpaired) electrons. The van der Waals surface area contributed by atoms with Crippen molar-refractivity contribution in [2.24, 2.45) is 0 Å². The molecule has 1 fully saturated rings. The first-order valence-electron chi connectivity index (χ1n) is 10.2. The molecule has 4 N–H and O–H groups in total. The highest BCUT2D eigenvalue weighted by atomic mass is 16.7. The number of carboxylic acid groups (broad SMARTS) is 1. The second-order valence-electron chi connectivity index (χ2n) is 7.69. The molecular weight excluding hydrogens is 454 g/mol. The van der Waals surface area contributed by atoms with E-state index in [0.717, 1.165) is 6.33 Å². The summed E-state index contributed by atoms with van der Waals surface area (Å²) in [6.45, 7) is 2.68. The topological polar surface area (TPSA) is 209 Å². The summed E-state index contributed by atoms with van der Waals surface area (Å²) in [6, 6.07) is 4.84. The minimum absolute atomic E-state index is 0.0606. The van der Waals surface area contributed by atoms with E-state index in [9.17, 15) is 24.8 Å². The van der Waals surface area contributed by atoms with Gasteiger partial charge >= 0.3 is 18.1 Å². The van der Waals surface area contributed by atoms with Gasteiger partial charge in [-0.2, -0.15) is 10.4 Å². The van der Waals surface area contributed by atoms with E-state index < -0.39 is 67.6 Å². The number of ether oxygens (including phenoxy) is 4. The Bertz CT molecular complexity index is 1130. The Morgan fingerprint density at radius 1 is 1.35 bits per heavy atom. The van der Waals surface area contributed by atoms with E-state index in [-0.39, 0.29) is 11.5 Å². The van der Waals surface area contributed by atoms with Gasteiger partial charge in [0.1, 0.15) is 36.7 Å². The minimum atomic E-state index is -2.11. The molecule has 14 nitrogen and oxygen atoms in total. The molecule has 0 aliphatic carbocycles. The van der Waals surface area contributed by atoms with Crippen LogP contribution in [0.5, 0.6) is 0 Å². The molecule has 1 aliphatic heterocycles. The summed E-state index contributed by atoms with van der Waals surface area (Å²) in [7, 11) is 0. The van der Waals surface area contributed by atoms with Crippen LogP contribution in [0.2, 0.25) is 0 Å². The number of nitrogens with zero attached hydrogens (tertiary/aromatic N) is 4. The fraction of sp³-hybridized carbons (Fsp3) is 0.500. The van der Waals surface area contributed by atoms with Gasteiger partial charge in [0.05, 0.1) is 24.6 Å². The van der Waals surface area contributed by atoms with Gasteiger partial charge in [-0.15, -0.1) is 0 Å². The van der Waals surface area contributed by atoms with E-state index in [4.69, 9.17) is 29.8 Å². The number of fused-ring (bicyclic) bond motifs is 1. The molecule has 0 bridgehead atoms. The van der Waals surface area contributed by atoms with Crippen LogP contribution in [0.25, 0.3) is 5.52 Å². The number of carbonyl (C=O) groups excluding carboxylic acids is 2. The first kappa shape index (κ1) is 24.7. The molecule has 3 rings (SSSR count). The van der Waals surface area contributed by atoms with E-state index >= 15 is 0 Å². The summed E-state index contributed by atoms with van der Waals surface area (Å²) in [5.41, 5.74) is 4.12. The van der Waals surface area contributed by atoms with Gasteiger partial charge in [0.25, 0.3) is 0 Å². The van der Waals surface area contributed by atoms with Gasteiger partial charge in [0.2, 0.25) is 5.60 Å². The van der Waals surface area contributed by atoms with Gasteiger partial charge in [-0.25, -0.2) is 14.3 Å². The lowest BCUT2D eigenvalue weighted by Gasteiger charge is -2.24. The average Bonchev–Trinajstić information content (AvgIpc) is 3.32. The molecule has 3 heterocycles. The number of nitrogen functional groups attached to an aromatic ring is 1. The first-order chi connectivity index (χ1) is 16.1. The number of aliphatic hydroxyl groups excluding tert-OH is 1. The Morgan fingerprint density at radius 3 is 2.74 bits per heavy atom. The molecule has 0 spiro atoms. The number of anilines is 1. The van der Waals surface area contributed by atoms with Crippen LogP contribution in [0.3, 0.4) is 0 Å². The van der Waals surface area contributed by atoms with E-state index in [0.29, 0.717) is 5.52 Å². The largest absolute Gasteiger partial charge is 0.508 e. The quantitative estimate of drug-likeness (QED) is 0.432. The maximum atomic E-state index is 12.2. The molecule has 34 heavy (non-hydrogen) atoms. The molecule has 1 aliphatic rings. The number of carbonyl (C=O) groups is 3. The van der Waals surface area contributed by atoms with E-state index in [1.807, 2.05) is 6.07 Å². The third kappa shape index (κ3) is 4.85. The van der Waals surface area contributed by atoms with Crippen LogP contribution in [0, 0.1) is 11.3 Å². The lowest BCUT2D eigenvalue weighted by molar-refractivity contribution is -0.158. The maximum absolute atomic E-state index is 12.2. The molecule has 0 aromatic carbocycles. The number of nitrogens with two attached hydrogens (primary N) is 1. The average molecular weight is 477 g/mol. The lowest BCUT2D eigenvalue weighted by Crippen LogP contribution is -2.43. The molecule has 14 heteroatoms. The summed E-state index contributed by atoms with van der Waals surface area (Å²) < 4.78 is 22.2. The van der Waals surface area contributed by atoms with Crippen LogP contribution in [-0.4, -0.2) is 73.9 Å². The Labute approximate surface area is 192 Å². The number of nitriles is 1. The van der Waals surface area contributed by atoms with Gasteiger partial charge in [-0.3, -0.25) is 9.59 Å². The number of hydrogen-bond acceptors (Lipinski definition) is 12. The van der Waals surface area contributed by atoms with Crippen LogP contribution in [-0.2, 0) is 34.1 Å². The van der Waals surface area contributed by atoms with Crippen LogP contribution >= 0.6 is 0 Å². The smallest absolute Gasteiger partial charge is 0.481 e. The second-order valence-corrected chi connectivity index (χ2v) is 7.69. The zero-order valence-corrected chi connectivity index (χ0v) is 18.3. The summed E-state index contributed by atoms with van der Waals surface area (Å²) in [4.78, 5) is 38.7. The van der Waals surface area contributed by atoms with Gasteiger partial charge in [-0.1, -0.05) is 0 Å². The number of aliphatic carboxylic acids is 1. The molecule has 182 valence electrons. The summed E-state index contributed by atoms with van der Waals surface area (Å²) in [6.07, 6.45) is -5.91.